The van der Waals surface area contributed by atoms with Gasteiger partial charge in [-0.05, 0) is 38.3 Å². The highest BCUT2D eigenvalue weighted by atomic mass is 16.5. The zero-order chi connectivity index (χ0) is 12.3. The predicted molar refractivity (Wildman–Crippen MR) is 67.1 cm³/mol. The van der Waals surface area contributed by atoms with Gasteiger partial charge in [0.15, 0.2) is 11.6 Å². The number of aromatic nitrogens is 1. The van der Waals surface area contributed by atoms with Gasteiger partial charge in [-0.3, -0.25) is 0 Å². The summed E-state index contributed by atoms with van der Waals surface area (Å²) in [4.78, 5) is 4.20. The average Bonchev–Trinajstić information content (AvgIpc) is 2.33. The Morgan fingerprint density at radius 3 is 2.76 bits per heavy atom. The van der Waals surface area contributed by atoms with Crippen LogP contribution >= 0.6 is 0 Å². The lowest BCUT2D eigenvalue weighted by Crippen LogP contribution is -2.29. The number of nitrogens with two attached hydrogens (primary N) is 1. The van der Waals surface area contributed by atoms with Crippen LogP contribution in [0, 0.1) is 6.92 Å². The molecule has 1 aliphatic rings. The Hall–Kier alpha value is -1.29. The summed E-state index contributed by atoms with van der Waals surface area (Å²) in [6.45, 7) is 1.92. The maximum Gasteiger partial charge on any atom is 0.166 e. The third-order valence-electron chi connectivity index (χ3n) is 3.23. The number of hydrogen-bond acceptors (Lipinski definition) is 4. The highest BCUT2D eigenvalue weighted by molar-refractivity contribution is 5.46. The highest BCUT2D eigenvalue weighted by Gasteiger charge is 2.23. The van der Waals surface area contributed by atoms with Crippen molar-refractivity contribution in [1.82, 2.24) is 4.98 Å². The van der Waals surface area contributed by atoms with Crippen molar-refractivity contribution >= 4 is 5.82 Å². The minimum atomic E-state index is 0.195. The first-order chi connectivity index (χ1) is 8.19. The van der Waals surface area contributed by atoms with Crippen LogP contribution in [0.3, 0.4) is 0 Å². The average molecular weight is 236 g/mol. The van der Waals surface area contributed by atoms with Gasteiger partial charge in [0.2, 0.25) is 0 Å². The van der Waals surface area contributed by atoms with Crippen LogP contribution in [0.4, 0.5) is 5.82 Å². The topological polar surface area (TPSA) is 57.4 Å². The Bertz CT molecular complexity index is 382. The normalized spacial score (nSPS) is 24.6. The van der Waals surface area contributed by atoms with E-state index >= 15 is 0 Å². The monoisotopic (exact) mass is 236 g/mol. The van der Waals surface area contributed by atoms with E-state index in [1.807, 2.05) is 19.1 Å². The van der Waals surface area contributed by atoms with E-state index in [0.29, 0.717) is 17.7 Å². The molecule has 0 amide bonds. The molecular formula is C13H20N2O2. The van der Waals surface area contributed by atoms with E-state index in [-0.39, 0.29) is 6.10 Å². The molecule has 2 rings (SSSR count). The first-order valence-electron chi connectivity index (χ1n) is 6.11. The van der Waals surface area contributed by atoms with Gasteiger partial charge in [-0.1, -0.05) is 0 Å². The molecule has 4 nitrogen and oxygen atoms in total. The van der Waals surface area contributed by atoms with Crippen molar-refractivity contribution in [3.05, 3.63) is 17.8 Å². The molecule has 1 aromatic heterocycles. The molecule has 2 atom stereocenters. The zero-order valence-corrected chi connectivity index (χ0v) is 10.5. The molecule has 0 radical (unpaired) electrons. The van der Waals surface area contributed by atoms with Gasteiger partial charge in [-0.25, -0.2) is 4.98 Å². The first kappa shape index (κ1) is 12.2. The molecule has 0 saturated heterocycles. The molecule has 0 spiro atoms. The number of ether oxygens (including phenoxy) is 2. The summed E-state index contributed by atoms with van der Waals surface area (Å²) in [6, 6.07) is 3.82. The Kier molecular flexibility index (Phi) is 3.84. The van der Waals surface area contributed by atoms with Crippen LogP contribution in [-0.4, -0.2) is 24.3 Å². The molecule has 1 aromatic rings. The van der Waals surface area contributed by atoms with E-state index in [4.69, 9.17) is 15.2 Å². The second-order valence-corrected chi connectivity index (χ2v) is 4.60. The van der Waals surface area contributed by atoms with E-state index < -0.39 is 0 Å². The van der Waals surface area contributed by atoms with Crippen molar-refractivity contribution < 1.29 is 9.47 Å². The minimum Gasteiger partial charge on any atom is -0.486 e. The maximum atomic E-state index is 5.91. The molecule has 2 N–H and O–H groups in total. The van der Waals surface area contributed by atoms with E-state index in [9.17, 15) is 0 Å². The molecule has 17 heavy (non-hydrogen) atoms. The van der Waals surface area contributed by atoms with E-state index in [2.05, 4.69) is 4.98 Å². The van der Waals surface area contributed by atoms with Crippen molar-refractivity contribution in [2.24, 2.45) is 0 Å². The summed E-state index contributed by atoms with van der Waals surface area (Å²) >= 11 is 0. The van der Waals surface area contributed by atoms with Crippen molar-refractivity contribution in [1.29, 1.82) is 0 Å². The fraction of sp³-hybridized carbons (Fsp3) is 0.615. The van der Waals surface area contributed by atoms with Crippen LogP contribution in [0.1, 0.15) is 31.4 Å². The molecule has 4 heteroatoms. The van der Waals surface area contributed by atoms with Gasteiger partial charge in [0.1, 0.15) is 6.10 Å². The Morgan fingerprint density at radius 2 is 2.06 bits per heavy atom. The molecular weight excluding hydrogens is 216 g/mol. The van der Waals surface area contributed by atoms with E-state index in [0.717, 1.165) is 31.4 Å². The van der Waals surface area contributed by atoms with Gasteiger partial charge in [0.25, 0.3) is 0 Å². The zero-order valence-electron chi connectivity index (χ0n) is 10.5. The van der Waals surface area contributed by atoms with Gasteiger partial charge in [0, 0.05) is 19.2 Å². The second-order valence-electron chi connectivity index (χ2n) is 4.60. The fourth-order valence-corrected chi connectivity index (χ4v) is 2.27. The van der Waals surface area contributed by atoms with Crippen LogP contribution in [0.15, 0.2) is 12.1 Å². The number of nitrogens with zero attached hydrogens (tertiary/aromatic N) is 1. The van der Waals surface area contributed by atoms with Crippen LogP contribution < -0.4 is 10.5 Å². The molecule has 1 heterocycles. The number of pyridine rings is 1. The summed E-state index contributed by atoms with van der Waals surface area (Å²) < 4.78 is 11.3. The quantitative estimate of drug-likeness (QED) is 0.875. The molecule has 1 fully saturated rings. The number of nitrogen functional groups attached to an aromatic ring is 1. The second kappa shape index (κ2) is 5.36. The standard InChI is InChI=1S/C13H20N2O2/c1-9-6-7-12(13(14)15-9)17-11-5-3-4-10(8-11)16-2/h6-7,10-11H,3-5,8H2,1-2H3,(H2,14,15). The lowest BCUT2D eigenvalue weighted by Gasteiger charge is -2.28. The van der Waals surface area contributed by atoms with Gasteiger partial charge in [-0.15, -0.1) is 0 Å². The molecule has 94 valence electrons. The predicted octanol–water partition coefficient (Wildman–Crippen LogP) is 2.31. The largest absolute Gasteiger partial charge is 0.486 e. The lowest BCUT2D eigenvalue weighted by molar-refractivity contribution is 0.0211. The molecule has 0 bridgehead atoms. The van der Waals surface area contributed by atoms with Crippen molar-refractivity contribution in [2.75, 3.05) is 12.8 Å². The summed E-state index contributed by atoms with van der Waals surface area (Å²) in [6.07, 6.45) is 4.77. The summed E-state index contributed by atoms with van der Waals surface area (Å²) in [5.41, 5.74) is 6.75. The minimum absolute atomic E-state index is 0.195. The van der Waals surface area contributed by atoms with Crippen LogP contribution in [0.5, 0.6) is 5.75 Å². The number of rotatable bonds is 3. The van der Waals surface area contributed by atoms with Crippen molar-refractivity contribution in [2.45, 2.75) is 44.8 Å². The van der Waals surface area contributed by atoms with Crippen LogP contribution in [-0.2, 0) is 4.74 Å². The number of aryl methyl sites for hydroxylation is 1. The first-order valence-corrected chi connectivity index (χ1v) is 6.11. The van der Waals surface area contributed by atoms with E-state index in [1.165, 1.54) is 0 Å². The van der Waals surface area contributed by atoms with Gasteiger partial charge >= 0.3 is 0 Å². The van der Waals surface area contributed by atoms with Gasteiger partial charge in [0.05, 0.1) is 6.10 Å². The molecule has 1 saturated carbocycles. The van der Waals surface area contributed by atoms with Gasteiger partial charge in [-0.2, -0.15) is 0 Å². The maximum absolute atomic E-state index is 5.91. The SMILES string of the molecule is COC1CCCC(Oc2ccc(C)nc2N)C1. The third kappa shape index (κ3) is 3.09. The Balaban J connectivity index is 2.00. The number of anilines is 1. The van der Waals surface area contributed by atoms with Gasteiger partial charge < -0.3 is 15.2 Å². The van der Waals surface area contributed by atoms with Crippen LogP contribution in [0.25, 0.3) is 0 Å². The summed E-state index contributed by atoms with van der Waals surface area (Å²) in [5, 5.41) is 0. The summed E-state index contributed by atoms with van der Waals surface area (Å²) in [7, 11) is 1.76. The van der Waals surface area contributed by atoms with E-state index in [1.54, 1.807) is 7.11 Å². The van der Waals surface area contributed by atoms with Crippen molar-refractivity contribution in [3.8, 4) is 5.75 Å². The Morgan fingerprint density at radius 1 is 1.29 bits per heavy atom. The molecule has 2 unspecified atom stereocenters. The smallest absolute Gasteiger partial charge is 0.166 e. The highest BCUT2D eigenvalue weighted by Crippen LogP contribution is 2.27. The third-order valence-corrected chi connectivity index (χ3v) is 3.23. The fourth-order valence-electron chi connectivity index (χ4n) is 2.27. The summed E-state index contributed by atoms with van der Waals surface area (Å²) in [5.74, 6) is 1.17. The number of methoxy groups -OCH3 is 1. The molecule has 0 aliphatic heterocycles. The molecule has 0 aromatic carbocycles. The molecule has 1 aliphatic carbocycles. The Labute approximate surface area is 102 Å². The lowest BCUT2D eigenvalue weighted by atomic mass is 9.95. The van der Waals surface area contributed by atoms with Crippen molar-refractivity contribution in [3.63, 3.8) is 0 Å². The van der Waals surface area contributed by atoms with Crippen LogP contribution in [0.2, 0.25) is 0 Å². The number of hydrogen-bond donors (Lipinski definition) is 1.